The number of aryl methyl sites for hydroxylation is 1. The van der Waals surface area contributed by atoms with Crippen molar-refractivity contribution in [2.24, 2.45) is 5.92 Å². The van der Waals surface area contributed by atoms with Gasteiger partial charge >= 0.3 is 0 Å². The summed E-state index contributed by atoms with van der Waals surface area (Å²) in [6, 6.07) is 7.97. The Bertz CT molecular complexity index is 684. The summed E-state index contributed by atoms with van der Waals surface area (Å²) in [4.78, 5) is 20.2. The molecule has 0 radical (unpaired) electrons. The summed E-state index contributed by atoms with van der Waals surface area (Å²) in [5.41, 5.74) is 1.91. The molecule has 0 bridgehead atoms. The Morgan fingerprint density at radius 1 is 1.42 bits per heavy atom. The van der Waals surface area contributed by atoms with Gasteiger partial charge < -0.3 is 10.2 Å². The van der Waals surface area contributed by atoms with Gasteiger partial charge in [-0.05, 0) is 57.1 Å². The first-order valence-corrected chi connectivity index (χ1v) is 10.1. The molecule has 0 saturated carbocycles. The van der Waals surface area contributed by atoms with Crippen molar-refractivity contribution in [3.05, 3.63) is 45.9 Å². The molecule has 0 aliphatic carbocycles. The Morgan fingerprint density at radius 3 is 2.88 bits per heavy atom. The number of aromatic nitrogens is 1. The van der Waals surface area contributed by atoms with E-state index < -0.39 is 0 Å². The molecule has 1 amide bonds. The molecule has 0 spiro atoms. The van der Waals surface area contributed by atoms with E-state index in [1.165, 1.54) is 4.90 Å². The molecule has 1 aromatic heterocycles. The summed E-state index contributed by atoms with van der Waals surface area (Å²) in [7, 11) is 1.97. The number of hydrogen-bond acceptors (Lipinski definition) is 5. The number of thioether (sulfide) groups is 1. The van der Waals surface area contributed by atoms with Crippen LogP contribution in [0.1, 0.15) is 27.5 Å². The van der Waals surface area contributed by atoms with Crippen LogP contribution in [0, 0.1) is 12.8 Å². The van der Waals surface area contributed by atoms with Crippen molar-refractivity contribution < 1.29 is 4.79 Å². The fourth-order valence-corrected chi connectivity index (χ4v) is 4.49. The van der Waals surface area contributed by atoms with Gasteiger partial charge in [0.25, 0.3) is 5.91 Å². The highest BCUT2D eigenvalue weighted by Crippen LogP contribution is 2.25. The molecule has 1 aliphatic heterocycles. The zero-order chi connectivity index (χ0) is 16.9. The number of thiazole rings is 1. The minimum Gasteiger partial charge on any atom is -0.338 e. The van der Waals surface area contributed by atoms with Crippen LogP contribution in [-0.2, 0) is 5.75 Å². The first kappa shape index (κ1) is 17.5. The lowest BCUT2D eigenvalue weighted by Crippen LogP contribution is -2.30. The molecular formula is C18H23N3OS2. The number of carbonyl (C=O) groups excluding carboxylic acids is 1. The van der Waals surface area contributed by atoms with Gasteiger partial charge in [-0.1, -0.05) is 0 Å². The van der Waals surface area contributed by atoms with Crippen molar-refractivity contribution >= 4 is 29.0 Å². The van der Waals surface area contributed by atoms with Gasteiger partial charge in [0.15, 0.2) is 0 Å². The largest absolute Gasteiger partial charge is 0.338 e. The molecule has 1 atom stereocenters. The number of nitrogens with one attached hydrogen (secondary N) is 1. The number of rotatable bonds is 6. The first-order valence-electron chi connectivity index (χ1n) is 8.23. The van der Waals surface area contributed by atoms with E-state index in [2.05, 4.69) is 15.7 Å². The maximum atomic E-state index is 12.6. The fraction of sp³-hybridized carbons (Fsp3) is 0.444. The molecule has 4 nitrogen and oxygen atoms in total. The molecule has 128 valence electrons. The Morgan fingerprint density at radius 2 is 2.21 bits per heavy atom. The van der Waals surface area contributed by atoms with Gasteiger partial charge in [0.1, 0.15) is 0 Å². The Kier molecular flexibility index (Phi) is 5.92. The van der Waals surface area contributed by atoms with E-state index in [9.17, 15) is 4.79 Å². The van der Waals surface area contributed by atoms with E-state index in [0.29, 0.717) is 5.92 Å². The quantitative estimate of drug-likeness (QED) is 0.801. The van der Waals surface area contributed by atoms with Crippen LogP contribution in [-0.4, -0.2) is 42.5 Å². The third-order valence-corrected chi connectivity index (χ3v) is 6.09. The van der Waals surface area contributed by atoms with Crippen LogP contribution in [0.15, 0.2) is 34.5 Å². The van der Waals surface area contributed by atoms with Crippen LogP contribution < -0.4 is 5.32 Å². The fourth-order valence-electron chi connectivity index (χ4n) is 2.98. The summed E-state index contributed by atoms with van der Waals surface area (Å²) in [5.74, 6) is 1.60. The van der Waals surface area contributed by atoms with E-state index in [4.69, 9.17) is 0 Å². The topological polar surface area (TPSA) is 45.2 Å². The Hall–Kier alpha value is -1.37. The van der Waals surface area contributed by atoms with Crippen LogP contribution >= 0.6 is 23.1 Å². The monoisotopic (exact) mass is 361 g/mol. The zero-order valence-electron chi connectivity index (χ0n) is 14.1. The van der Waals surface area contributed by atoms with E-state index in [1.807, 2.05) is 43.1 Å². The first-order chi connectivity index (χ1) is 11.7. The molecule has 1 aromatic carbocycles. The molecule has 1 N–H and O–H groups in total. The zero-order valence-corrected chi connectivity index (χ0v) is 15.8. The maximum absolute atomic E-state index is 12.6. The van der Waals surface area contributed by atoms with Gasteiger partial charge in [-0.2, -0.15) is 0 Å². The second-order valence-electron chi connectivity index (χ2n) is 6.13. The molecule has 1 saturated heterocycles. The van der Waals surface area contributed by atoms with Crippen LogP contribution in [0.25, 0.3) is 0 Å². The number of carbonyl (C=O) groups is 1. The smallest absolute Gasteiger partial charge is 0.253 e. The van der Waals surface area contributed by atoms with Crippen LogP contribution in [0.2, 0.25) is 0 Å². The van der Waals surface area contributed by atoms with Crippen molar-refractivity contribution in [3.63, 3.8) is 0 Å². The number of nitrogens with zero attached hydrogens (tertiary/aromatic N) is 2. The predicted octanol–water partition coefficient (Wildman–Crippen LogP) is 3.43. The normalized spacial score (nSPS) is 17.4. The van der Waals surface area contributed by atoms with Crippen molar-refractivity contribution in [3.8, 4) is 0 Å². The van der Waals surface area contributed by atoms with Crippen molar-refractivity contribution in [2.75, 3.05) is 26.7 Å². The molecule has 24 heavy (non-hydrogen) atoms. The second kappa shape index (κ2) is 8.14. The molecule has 1 aliphatic rings. The van der Waals surface area contributed by atoms with Gasteiger partial charge in [0.2, 0.25) is 0 Å². The van der Waals surface area contributed by atoms with Crippen LogP contribution in [0.4, 0.5) is 0 Å². The summed E-state index contributed by atoms with van der Waals surface area (Å²) >= 11 is 3.44. The highest BCUT2D eigenvalue weighted by atomic mass is 32.2. The highest BCUT2D eigenvalue weighted by Gasteiger charge is 2.26. The molecule has 2 aromatic rings. The molecule has 1 unspecified atom stereocenters. The lowest BCUT2D eigenvalue weighted by atomic mass is 10.1. The third kappa shape index (κ3) is 4.37. The molecule has 3 rings (SSSR count). The number of likely N-dealkylation sites (tertiary alicyclic amines) is 1. The molecule has 6 heteroatoms. The van der Waals surface area contributed by atoms with Gasteiger partial charge in [-0.3, -0.25) is 4.79 Å². The van der Waals surface area contributed by atoms with Crippen molar-refractivity contribution in [2.45, 2.75) is 24.0 Å². The summed E-state index contributed by atoms with van der Waals surface area (Å²) in [6.07, 6.45) is 1.09. The molecular weight excluding hydrogens is 338 g/mol. The highest BCUT2D eigenvalue weighted by molar-refractivity contribution is 7.98. The molecule has 2 heterocycles. The lowest BCUT2D eigenvalue weighted by Gasteiger charge is -2.16. The second-order valence-corrected chi connectivity index (χ2v) is 8.25. The van der Waals surface area contributed by atoms with Gasteiger partial charge in [0, 0.05) is 34.7 Å². The number of hydrogen-bond donors (Lipinski definition) is 1. The predicted molar refractivity (Wildman–Crippen MR) is 101 cm³/mol. The minimum atomic E-state index is 0.153. The number of amides is 1. The van der Waals surface area contributed by atoms with E-state index >= 15 is 0 Å². The Balaban J connectivity index is 1.55. The van der Waals surface area contributed by atoms with Gasteiger partial charge in [0.05, 0.1) is 10.7 Å². The van der Waals surface area contributed by atoms with Crippen LogP contribution in [0.3, 0.4) is 0 Å². The summed E-state index contributed by atoms with van der Waals surface area (Å²) < 4.78 is 0. The third-order valence-electron chi connectivity index (χ3n) is 4.22. The maximum Gasteiger partial charge on any atom is 0.253 e. The average molecular weight is 362 g/mol. The summed E-state index contributed by atoms with van der Waals surface area (Å²) in [5, 5.41) is 6.41. The Labute approximate surface area is 151 Å². The minimum absolute atomic E-state index is 0.153. The summed E-state index contributed by atoms with van der Waals surface area (Å²) in [6.45, 7) is 4.73. The van der Waals surface area contributed by atoms with E-state index in [-0.39, 0.29) is 5.91 Å². The van der Waals surface area contributed by atoms with Crippen molar-refractivity contribution in [1.82, 2.24) is 15.2 Å². The van der Waals surface area contributed by atoms with E-state index in [0.717, 1.165) is 48.1 Å². The SMILES string of the molecule is CNCC1CCN(C(=O)c2ccc(SCc3csc(C)n3)cc2)C1. The average Bonchev–Trinajstić information content (AvgIpc) is 3.22. The van der Waals surface area contributed by atoms with Crippen molar-refractivity contribution in [1.29, 1.82) is 0 Å². The van der Waals surface area contributed by atoms with Crippen LogP contribution in [0.5, 0.6) is 0 Å². The van der Waals surface area contributed by atoms with Gasteiger partial charge in [-0.15, -0.1) is 23.1 Å². The van der Waals surface area contributed by atoms with Gasteiger partial charge in [-0.25, -0.2) is 4.98 Å². The number of benzene rings is 1. The van der Waals surface area contributed by atoms with E-state index in [1.54, 1.807) is 23.1 Å². The lowest BCUT2D eigenvalue weighted by molar-refractivity contribution is 0.0787. The molecule has 1 fully saturated rings. The standard InChI is InChI=1S/C18H23N3OS2/c1-13-20-16(11-23-13)12-24-17-5-3-15(4-6-17)18(22)21-8-7-14(10-21)9-19-2/h3-6,11,14,19H,7-10,12H2,1-2H3.